The van der Waals surface area contributed by atoms with Crippen LogP contribution in [0.25, 0.3) is 0 Å². The number of thiophene rings is 1. The lowest BCUT2D eigenvalue weighted by Gasteiger charge is -1.98. The molecule has 2 aromatic heterocycles. The number of Topliss-reactive ketones (excluding diaryl/α,β-unsaturated/α-hetero) is 1. The molecule has 0 aliphatic carbocycles. The summed E-state index contributed by atoms with van der Waals surface area (Å²) >= 11 is 6.13. The highest BCUT2D eigenvalue weighted by molar-refractivity contribution is 9.10. The third kappa shape index (κ3) is 2.90. The summed E-state index contributed by atoms with van der Waals surface area (Å²) < 4.78 is 0.858. The molecule has 0 aliphatic heterocycles. The number of ketones is 1. The van der Waals surface area contributed by atoms with Crippen LogP contribution < -0.4 is 0 Å². The Morgan fingerprint density at radius 3 is 2.81 bits per heavy atom. The molecular weight excluding hydrogens is 308 g/mol. The van der Waals surface area contributed by atoms with Crippen molar-refractivity contribution in [2.24, 2.45) is 0 Å². The van der Waals surface area contributed by atoms with Crippen molar-refractivity contribution in [3.8, 4) is 0 Å². The van der Waals surface area contributed by atoms with Crippen molar-refractivity contribution < 1.29 is 4.79 Å². The average Bonchev–Trinajstić information content (AvgIpc) is 2.74. The zero-order chi connectivity index (χ0) is 11.4. The fraction of sp³-hybridized carbons (Fsp3) is 0.100. The number of carbonyl (C=O) groups is 1. The van der Waals surface area contributed by atoms with Gasteiger partial charge in [0.25, 0.3) is 0 Å². The normalized spacial score (nSPS) is 10.3. The molecule has 0 atom stereocenters. The van der Waals surface area contributed by atoms with Crippen molar-refractivity contribution in [2.75, 3.05) is 5.75 Å². The molecule has 3 nitrogen and oxygen atoms in total. The van der Waals surface area contributed by atoms with Crippen LogP contribution >= 0.6 is 39.0 Å². The first-order valence-electron chi connectivity index (χ1n) is 4.43. The van der Waals surface area contributed by atoms with E-state index < -0.39 is 0 Å². The Hall–Kier alpha value is -0.720. The molecule has 0 aliphatic rings. The third-order valence-electron chi connectivity index (χ3n) is 1.74. The monoisotopic (exact) mass is 314 g/mol. The number of rotatable bonds is 4. The number of thioether (sulfide) groups is 1. The summed E-state index contributed by atoms with van der Waals surface area (Å²) in [6, 6.07) is 3.63. The lowest BCUT2D eigenvalue weighted by molar-refractivity contribution is 0.102. The molecule has 6 heteroatoms. The highest BCUT2D eigenvalue weighted by atomic mass is 79.9. The van der Waals surface area contributed by atoms with Gasteiger partial charge in [-0.2, -0.15) is 0 Å². The Morgan fingerprint density at radius 1 is 1.44 bits per heavy atom. The summed E-state index contributed by atoms with van der Waals surface area (Å²) in [5, 5.41) is 2.52. The molecule has 0 amide bonds. The van der Waals surface area contributed by atoms with Crippen LogP contribution in [0, 0.1) is 0 Å². The minimum atomic E-state index is 0.0966. The quantitative estimate of drug-likeness (QED) is 0.493. The molecule has 16 heavy (non-hydrogen) atoms. The molecular formula is C10H7BrN2OS2. The first-order valence-corrected chi connectivity index (χ1v) is 7.09. The summed E-state index contributed by atoms with van der Waals surface area (Å²) in [6.45, 7) is 0. The molecule has 0 unspecified atom stereocenters. The van der Waals surface area contributed by atoms with Crippen LogP contribution in [0.4, 0.5) is 0 Å². The van der Waals surface area contributed by atoms with Crippen molar-refractivity contribution >= 4 is 44.8 Å². The fourth-order valence-corrected chi connectivity index (χ4v) is 3.35. The van der Waals surface area contributed by atoms with Crippen molar-refractivity contribution in [3.05, 3.63) is 39.3 Å². The Kier molecular flexibility index (Phi) is 4.09. The van der Waals surface area contributed by atoms with Crippen LogP contribution in [0.15, 0.2) is 39.5 Å². The summed E-state index contributed by atoms with van der Waals surface area (Å²) in [5.74, 6) is 0.461. The number of carbonyl (C=O) groups excluding carboxylic acids is 1. The average molecular weight is 315 g/mol. The molecule has 0 bridgehead atoms. The molecule has 0 N–H and O–H groups in total. The van der Waals surface area contributed by atoms with Gasteiger partial charge in [0.05, 0.1) is 10.6 Å². The molecule has 0 spiro atoms. The first kappa shape index (κ1) is 11.8. The van der Waals surface area contributed by atoms with E-state index in [0.717, 1.165) is 9.35 Å². The van der Waals surface area contributed by atoms with Crippen molar-refractivity contribution in [1.29, 1.82) is 0 Å². The van der Waals surface area contributed by atoms with Crippen LogP contribution in [0.3, 0.4) is 0 Å². The summed E-state index contributed by atoms with van der Waals surface area (Å²) in [7, 11) is 0. The number of hydrogen-bond acceptors (Lipinski definition) is 5. The zero-order valence-corrected chi connectivity index (χ0v) is 11.3. The van der Waals surface area contributed by atoms with Crippen molar-refractivity contribution in [2.45, 2.75) is 5.16 Å². The number of aromatic nitrogens is 2. The maximum absolute atomic E-state index is 11.8. The van der Waals surface area contributed by atoms with Crippen molar-refractivity contribution in [1.82, 2.24) is 9.97 Å². The molecule has 2 aromatic rings. The van der Waals surface area contributed by atoms with E-state index in [9.17, 15) is 4.79 Å². The molecule has 82 valence electrons. The molecule has 2 rings (SSSR count). The highest BCUT2D eigenvalue weighted by Gasteiger charge is 2.12. The number of nitrogens with zero attached hydrogens (tertiary/aromatic N) is 2. The summed E-state index contributed by atoms with van der Waals surface area (Å²) in [6.07, 6.45) is 3.34. The van der Waals surface area contributed by atoms with Gasteiger partial charge in [0, 0.05) is 16.9 Å². The molecule has 0 aromatic carbocycles. The van der Waals surface area contributed by atoms with Crippen LogP contribution in [-0.2, 0) is 0 Å². The molecule has 0 saturated heterocycles. The van der Waals surface area contributed by atoms with E-state index in [0.29, 0.717) is 10.9 Å². The van der Waals surface area contributed by atoms with E-state index in [1.54, 1.807) is 18.5 Å². The second kappa shape index (κ2) is 5.56. The van der Waals surface area contributed by atoms with Gasteiger partial charge in [-0.3, -0.25) is 4.79 Å². The van der Waals surface area contributed by atoms with Crippen LogP contribution in [0.2, 0.25) is 0 Å². The van der Waals surface area contributed by atoms with Gasteiger partial charge in [-0.25, -0.2) is 9.97 Å². The minimum absolute atomic E-state index is 0.0966. The standard InChI is InChI=1S/C10H7BrN2OS2/c11-7-2-5-15-9(7)8(14)6-16-10-12-3-1-4-13-10/h1-5H,6H2. The highest BCUT2D eigenvalue weighted by Crippen LogP contribution is 2.25. The van der Waals surface area contributed by atoms with E-state index >= 15 is 0 Å². The van der Waals surface area contributed by atoms with Crippen LogP contribution in [0.1, 0.15) is 9.67 Å². The second-order valence-corrected chi connectivity index (χ2v) is 5.55. The Labute approximate surface area is 109 Å². The Morgan fingerprint density at radius 2 is 2.19 bits per heavy atom. The fourth-order valence-electron chi connectivity index (χ4n) is 1.05. The maximum atomic E-state index is 11.8. The van der Waals surface area contributed by atoms with Gasteiger partial charge in [0.15, 0.2) is 10.9 Å². The van der Waals surface area contributed by atoms with E-state index in [4.69, 9.17) is 0 Å². The summed E-state index contributed by atoms with van der Waals surface area (Å²) in [4.78, 5) is 20.6. The van der Waals surface area contributed by atoms with E-state index in [-0.39, 0.29) is 5.78 Å². The van der Waals surface area contributed by atoms with E-state index in [2.05, 4.69) is 25.9 Å². The SMILES string of the molecule is O=C(CSc1ncccn1)c1sccc1Br. The number of hydrogen-bond donors (Lipinski definition) is 0. The minimum Gasteiger partial charge on any atom is -0.292 e. The van der Waals surface area contributed by atoms with Gasteiger partial charge in [-0.15, -0.1) is 11.3 Å². The topological polar surface area (TPSA) is 42.9 Å². The smallest absolute Gasteiger partial charge is 0.187 e. The largest absolute Gasteiger partial charge is 0.292 e. The predicted octanol–water partition coefficient (Wildman–Crippen LogP) is 3.28. The Balaban J connectivity index is 1.97. The molecule has 0 fully saturated rings. The second-order valence-electron chi connectivity index (χ2n) is 2.84. The molecule has 0 saturated carbocycles. The van der Waals surface area contributed by atoms with Gasteiger partial charge in [0.2, 0.25) is 0 Å². The first-order chi connectivity index (χ1) is 7.77. The van der Waals surface area contributed by atoms with E-state index in [1.165, 1.54) is 23.1 Å². The molecule has 2 heterocycles. The zero-order valence-electron chi connectivity index (χ0n) is 8.09. The van der Waals surface area contributed by atoms with Gasteiger partial charge in [-0.1, -0.05) is 11.8 Å². The Bertz CT molecular complexity index is 487. The van der Waals surface area contributed by atoms with E-state index in [1.807, 2.05) is 11.4 Å². The predicted molar refractivity (Wildman–Crippen MR) is 69.1 cm³/mol. The molecule has 0 radical (unpaired) electrons. The van der Waals surface area contributed by atoms with Crippen LogP contribution in [-0.4, -0.2) is 21.5 Å². The number of halogens is 1. The lowest BCUT2D eigenvalue weighted by Crippen LogP contribution is -2.01. The lowest BCUT2D eigenvalue weighted by atomic mass is 10.3. The van der Waals surface area contributed by atoms with Gasteiger partial charge in [0.1, 0.15) is 0 Å². The van der Waals surface area contributed by atoms with Gasteiger partial charge >= 0.3 is 0 Å². The van der Waals surface area contributed by atoms with Gasteiger partial charge in [-0.05, 0) is 33.4 Å². The third-order valence-corrected chi connectivity index (χ3v) is 4.50. The maximum Gasteiger partial charge on any atom is 0.187 e. The van der Waals surface area contributed by atoms with Crippen LogP contribution in [0.5, 0.6) is 0 Å². The van der Waals surface area contributed by atoms with Crippen molar-refractivity contribution in [3.63, 3.8) is 0 Å². The summed E-state index contributed by atoms with van der Waals surface area (Å²) in [5.41, 5.74) is 0. The van der Waals surface area contributed by atoms with Gasteiger partial charge < -0.3 is 0 Å².